The average molecular weight is 726 g/mol. The Labute approximate surface area is 290 Å². The van der Waals surface area contributed by atoms with E-state index in [-0.39, 0.29) is 39.6 Å². The highest BCUT2D eigenvalue weighted by atomic mass is 31.2. The molecule has 14 nitrogen and oxygen atoms in total. The molecule has 270 valence electrons. The van der Waals surface area contributed by atoms with Gasteiger partial charge in [0.15, 0.2) is 23.8 Å². The Morgan fingerprint density at radius 2 is 1.96 bits per heavy atom. The van der Waals surface area contributed by atoms with Crippen molar-refractivity contribution in [2.45, 2.75) is 38.8 Å². The first-order valence-corrected chi connectivity index (χ1v) is 17.9. The number of aromatic nitrogens is 4. The zero-order valence-electron chi connectivity index (χ0n) is 28.9. The Morgan fingerprint density at radius 3 is 2.65 bits per heavy atom. The number of phosphoric acid groups is 1. The second kappa shape index (κ2) is 12.1. The second-order valence-electron chi connectivity index (χ2n) is 14.7. The Hall–Kier alpha value is -4.47. The first kappa shape index (κ1) is 35.0. The van der Waals surface area contributed by atoms with Crippen LogP contribution in [-0.4, -0.2) is 87.0 Å². The van der Waals surface area contributed by atoms with Crippen molar-refractivity contribution in [2.24, 2.45) is 13.0 Å². The fraction of sp³-hybridized carbons (Fsp3) is 0.412. The van der Waals surface area contributed by atoms with E-state index in [1.807, 2.05) is 7.05 Å². The number of aromatic amines is 1. The van der Waals surface area contributed by atoms with Crippen LogP contribution in [0.4, 0.5) is 20.2 Å². The van der Waals surface area contributed by atoms with Crippen molar-refractivity contribution in [3.05, 3.63) is 58.1 Å². The molecule has 7 rings (SSSR count). The highest BCUT2D eigenvalue weighted by molar-refractivity contribution is 7.47. The smallest absolute Gasteiger partial charge is 0.477 e. The molecule has 0 aliphatic carbocycles. The summed E-state index contributed by atoms with van der Waals surface area (Å²) in [6, 6.07) is 2.43. The number of carbonyl (C=O) groups is 1. The number of likely N-dealkylation sites (tertiary alicyclic amines) is 1. The van der Waals surface area contributed by atoms with Crippen molar-refractivity contribution in [1.29, 1.82) is 0 Å². The van der Waals surface area contributed by atoms with Crippen molar-refractivity contribution >= 4 is 58.1 Å². The first-order chi connectivity index (χ1) is 23.9. The number of pyridine rings is 3. The summed E-state index contributed by atoms with van der Waals surface area (Å²) < 4.78 is 56.4. The SMILES string of the molecule is CNc1cc(F)c(F)c2c1[nH]c1ncc(-c3cnc4c(c3)c(=O)c(C(=O)[O-])cn4C)c(N3CC[C@@H]4C[N+](C)(COP(=O)(O)OC(C)(C)C)C[C@@H]43)c12. The summed E-state index contributed by atoms with van der Waals surface area (Å²) in [7, 11) is 0.723. The molecule has 2 fully saturated rings. The van der Waals surface area contributed by atoms with Gasteiger partial charge in [-0.3, -0.25) is 9.32 Å². The number of nitrogens with one attached hydrogen (secondary N) is 2. The number of quaternary nitrogens is 1. The topological polar surface area (TPSA) is 175 Å². The molecule has 1 aromatic carbocycles. The number of nitrogens with zero attached hydrogens (tertiary/aromatic N) is 5. The number of likely N-dealkylation sites (N-methyl/N-ethyl adjacent to an activating group) is 1. The van der Waals surface area contributed by atoms with Gasteiger partial charge in [0.1, 0.15) is 17.8 Å². The Morgan fingerprint density at radius 1 is 1.22 bits per heavy atom. The van der Waals surface area contributed by atoms with Crippen molar-refractivity contribution < 1.29 is 41.7 Å². The molecule has 0 amide bonds. The lowest BCUT2D eigenvalue weighted by Gasteiger charge is -2.34. The minimum Gasteiger partial charge on any atom is -0.545 e. The third-order valence-electron chi connectivity index (χ3n) is 9.77. The third-order valence-corrected chi connectivity index (χ3v) is 11.0. The summed E-state index contributed by atoms with van der Waals surface area (Å²) >= 11 is 0. The Balaban J connectivity index is 1.41. The fourth-order valence-corrected chi connectivity index (χ4v) is 8.91. The number of halogens is 2. The van der Waals surface area contributed by atoms with E-state index in [2.05, 4.69) is 25.2 Å². The lowest BCUT2D eigenvalue weighted by atomic mass is 9.99. The lowest BCUT2D eigenvalue weighted by molar-refractivity contribution is -0.915. The number of phosphoric ester groups is 1. The predicted molar refractivity (Wildman–Crippen MR) is 185 cm³/mol. The van der Waals surface area contributed by atoms with Crippen LogP contribution in [0.1, 0.15) is 37.6 Å². The van der Waals surface area contributed by atoms with E-state index in [0.717, 1.165) is 18.7 Å². The van der Waals surface area contributed by atoms with Gasteiger partial charge >= 0.3 is 7.82 Å². The van der Waals surface area contributed by atoms with Crippen LogP contribution in [0.3, 0.4) is 0 Å². The van der Waals surface area contributed by atoms with E-state index in [1.165, 1.54) is 16.8 Å². The maximum atomic E-state index is 16.0. The molecule has 17 heteroatoms. The van der Waals surface area contributed by atoms with E-state index < -0.39 is 42.0 Å². The number of carboxylic acids is 1. The average Bonchev–Trinajstić information content (AvgIpc) is 3.72. The van der Waals surface area contributed by atoms with E-state index in [1.54, 1.807) is 41.1 Å². The molecule has 2 aliphatic rings. The van der Waals surface area contributed by atoms with E-state index in [0.29, 0.717) is 58.7 Å². The molecule has 0 bridgehead atoms. The molecule has 0 radical (unpaired) electrons. The molecule has 2 aliphatic heterocycles. The highest BCUT2D eigenvalue weighted by Crippen LogP contribution is 2.50. The van der Waals surface area contributed by atoms with E-state index in [4.69, 9.17) is 9.05 Å². The zero-order valence-corrected chi connectivity index (χ0v) is 29.8. The second-order valence-corrected chi connectivity index (χ2v) is 16.1. The van der Waals surface area contributed by atoms with Crippen molar-refractivity contribution in [3.63, 3.8) is 0 Å². The molecule has 0 spiro atoms. The monoisotopic (exact) mass is 725 g/mol. The summed E-state index contributed by atoms with van der Waals surface area (Å²) in [5, 5.41) is 15.1. The van der Waals surface area contributed by atoms with Crippen molar-refractivity contribution in [1.82, 2.24) is 19.5 Å². The van der Waals surface area contributed by atoms with Crippen LogP contribution in [0, 0.1) is 17.6 Å². The molecule has 2 unspecified atom stereocenters. The van der Waals surface area contributed by atoms with Crippen LogP contribution in [0.15, 0.2) is 35.5 Å². The van der Waals surface area contributed by atoms with Crippen LogP contribution in [0.2, 0.25) is 0 Å². The Bertz CT molecular complexity index is 2380. The summed E-state index contributed by atoms with van der Waals surface area (Å²) in [5.74, 6) is -3.64. The van der Waals surface area contributed by atoms with Gasteiger partial charge in [0, 0.05) is 62.3 Å². The third kappa shape index (κ3) is 6.04. The summed E-state index contributed by atoms with van der Waals surface area (Å²) in [6.07, 6.45) is 4.98. The maximum Gasteiger partial charge on any atom is 0.477 e. The Kier molecular flexibility index (Phi) is 8.26. The number of carbonyl (C=O) groups excluding carboxylic acids is 1. The van der Waals surface area contributed by atoms with Crippen molar-refractivity contribution in [3.8, 4) is 11.1 Å². The lowest BCUT2D eigenvalue weighted by Crippen LogP contribution is -2.47. The molecule has 51 heavy (non-hydrogen) atoms. The van der Waals surface area contributed by atoms with Gasteiger partial charge in [0.25, 0.3) is 0 Å². The van der Waals surface area contributed by atoms with Gasteiger partial charge in [-0.25, -0.2) is 27.8 Å². The first-order valence-electron chi connectivity index (χ1n) is 16.4. The standard InChI is InChI=1S/C34H38F2N7O7P/c1-34(2,3)50-51(47,48)49-16-43(6)14-17-7-8-42(24(17)15-43)29-20(18-9-19-30(44)21(33(45)46)13-41(5)32(19)39-11-18)12-38-31-26(29)25-27(36)22(35)10-23(37-4)28(25)40-31/h9-13,17,24,37H,7-8,14-16H2,1-6H3,(H2-,38,40,45,46,47,48)/t17-,24+,43?/m1/s1. The summed E-state index contributed by atoms with van der Waals surface area (Å²) in [5.41, 5.74) is 0.376. The molecule has 4 aromatic heterocycles. The number of rotatable bonds is 8. The largest absolute Gasteiger partial charge is 0.545 e. The number of carboxylic acid groups (broad SMARTS) is 1. The van der Waals surface area contributed by atoms with Gasteiger partial charge < -0.3 is 39.0 Å². The summed E-state index contributed by atoms with van der Waals surface area (Å²) in [4.78, 5) is 49.9. The molecule has 3 N–H and O–H groups in total. The summed E-state index contributed by atoms with van der Waals surface area (Å²) in [6.45, 7) is 6.51. The van der Waals surface area contributed by atoms with Gasteiger partial charge in [-0.05, 0) is 33.3 Å². The number of aryl methyl sites for hydroxylation is 1. The van der Waals surface area contributed by atoms with Crippen LogP contribution in [0.5, 0.6) is 0 Å². The number of hydrogen-bond acceptors (Lipinski definition) is 10. The maximum absolute atomic E-state index is 16.0. The molecule has 4 atom stereocenters. The quantitative estimate of drug-likeness (QED) is 0.157. The highest BCUT2D eigenvalue weighted by Gasteiger charge is 2.51. The van der Waals surface area contributed by atoms with Crippen LogP contribution in [-0.2, 0) is 20.7 Å². The number of anilines is 2. The van der Waals surface area contributed by atoms with Crippen LogP contribution >= 0.6 is 7.82 Å². The normalized spacial score (nSPS) is 21.9. The van der Waals surface area contributed by atoms with E-state index in [9.17, 15) is 24.2 Å². The van der Waals surface area contributed by atoms with Gasteiger partial charge in [0.2, 0.25) is 0 Å². The molecule has 5 aromatic rings. The fourth-order valence-electron chi connectivity index (χ4n) is 7.74. The molecular formula is C34H38F2N7O7P. The number of benzene rings is 1. The van der Waals surface area contributed by atoms with Gasteiger partial charge in [-0.15, -0.1) is 0 Å². The number of H-pyrrole nitrogens is 1. The van der Waals surface area contributed by atoms with Crippen molar-refractivity contribution in [2.75, 3.05) is 50.7 Å². The van der Waals surface area contributed by atoms with Crippen LogP contribution < -0.4 is 20.8 Å². The van der Waals surface area contributed by atoms with Gasteiger partial charge in [0.05, 0.1) is 69.8 Å². The van der Waals surface area contributed by atoms with Gasteiger partial charge in [-0.2, -0.15) is 0 Å². The van der Waals surface area contributed by atoms with E-state index >= 15 is 8.78 Å². The molecular weight excluding hydrogens is 687 g/mol. The molecule has 2 saturated heterocycles. The predicted octanol–water partition coefficient (Wildman–Crippen LogP) is 3.86. The number of hydrogen-bond donors (Lipinski definition) is 3. The number of aromatic carboxylic acids is 1. The van der Waals surface area contributed by atoms with Gasteiger partial charge in [-0.1, -0.05) is 0 Å². The zero-order chi connectivity index (χ0) is 36.8. The molecule has 6 heterocycles. The minimum atomic E-state index is -4.37. The van der Waals surface area contributed by atoms with Crippen LogP contribution in [0.25, 0.3) is 44.1 Å². The minimum absolute atomic E-state index is 0.00909. The molecule has 0 saturated carbocycles. The number of fused-ring (bicyclic) bond motifs is 5.